The maximum absolute atomic E-state index is 11.2. The summed E-state index contributed by atoms with van der Waals surface area (Å²) in [6.07, 6.45) is 1.61. The molecule has 2 heterocycles. The van der Waals surface area contributed by atoms with E-state index in [0.29, 0.717) is 22.7 Å². The normalized spacial score (nSPS) is 10.4. The quantitative estimate of drug-likeness (QED) is 0.592. The highest BCUT2D eigenvalue weighted by Crippen LogP contribution is 2.22. The van der Waals surface area contributed by atoms with E-state index >= 15 is 0 Å². The third-order valence-electron chi connectivity index (χ3n) is 2.11. The van der Waals surface area contributed by atoms with Crippen molar-refractivity contribution in [2.75, 3.05) is 11.9 Å². The first-order valence-corrected chi connectivity index (χ1v) is 6.34. The standard InChI is InChI=1S/C10H12N6O2S/c1-3-11-9-12-5-4-6(13-9)19-10-14-7(17)8(18)15-16(10)2/h4-5H,3H2,1-2H3,(H,15,18)(H,11,12,13). The maximum atomic E-state index is 11.2. The van der Waals surface area contributed by atoms with E-state index in [1.165, 1.54) is 16.4 Å². The Balaban J connectivity index is 2.31. The van der Waals surface area contributed by atoms with Gasteiger partial charge in [0.25, 0.3) is 0 Å². The molecule has 0 spiro atoms. The number of H-pyrrole nitrogens is 1. The first-order valence-electron chi connectivity index (χ1n) is 5.52. The minimum absolute atomic E-state index is 0.353. The number of anilines is 1. The van der Waals surface area contributed by atoms with Crippen molar-refractivity contribution in [3.8, 4) is 0 Å². The minimum Gasteiger partial charge on any atom is -0.354 e. The number of hydrogen-bond acceptors (Lipinski definition) is 7. The lowest BCUT2D eigenvalue weighted by Crippen LogP contribution is -2.33. The molecule has 2 aromatic rings. The molecular weight excluding hydrogens is 268 g/mol. The van der Waals surface area contributed by atoms with Crippen LogP contribution >= 0.6 is 11.8 Å². The number of aromatic amines is 1. The Morgan fingerprint density at radius 1 is 1.42 bits per heavy atom. The van der Waals surface area contributed by atoms with Gasteiger partial charge < -0.3 is 5.32 Å². The highest BCUT2D eigenvalue weighted by atomic mass is 32.2. The summed E-state index contributed by atoms with van der Waals surface area (Å²) in [6.45, 7) is 2.65. The van der Waals surface area contributed by atoms with Gasteiger partial charge in [0.05, 0.1) is 0 Å². The third kappa shape index (κ3) is 3.19. The molecule has 8 nitrogen and oxygen atoms in total. The molecule has 0 atom stereocenters. The molecule has 0 radical (unpaired) electrons. The molecule has 9 heteroatoms. The van der Waals surface area contributed by atoms with Crippen LogP contribution < -0.4 is 16.4 Å². The van der Waals surface area contributed by atoms with Crippen LogP contribution in [0.4, 0.5) is 5.95 Å². The van der Waals surface area contributed by atoms with Gasteiger partial charge in [0.2, 0.25) is 5.95 Å². The summed E-state index contributed by atoms with van der Waals surface area (Å²) in [7, 11) is 1.60. The second-order valence-corrected chi connectivity index (χ2v) is 4.54. The molecule has 0 aromatic carbocycles. The molecule has 0 aliphatic rings. The average molecular weight is 280 g/mol. The third-order valence-corrected chi connectivity index (χ3v) is 3.09. The van der Waals surface area contributed by atoms with Crippen molar-refractivity contribution >= 4 is 17.7 Å². The van der Waals surface area contributed by atoms with Crippen molar-refractivity contribution in [3.63, 3.8) is 0 Å². The summed E-state index contributed by atoms with van der Waals surface area (Å²) < 4.78 is 1.38. The van der Waals surface area contributed by atoms with E-state index < -0.39 is 11.1 Å². The fraction of sp³-hybridized carbons (Fsp3) is 0.300. The molecule has 0 fully saturated rings. The van der Waals surface area contributed by atoms with E-state index in [9.17, 15) is 9.59 Å². The van der Waals surface area contributed by atoms with Crippen LogP contribution in [0, 0.1) is 0 Å². The zero-order chi connectivity index (χ0) is 13.8. The Labute approximate surface area is 112 Å². The second kappa shape index (κ2) is 5.65. The molecule has 0 saturated heterocycles. The Morgan fingerprint density at radius 2 is 2.21 bits per heavy atom. The summed E-state index contributed by atoms with van der Waals surface area (Å²) in [4.78, 5) is 34.3. The molecule has 19 heavy (non-hydrogen) atoms. The van der Waals surface area contributed by atoms with E-state index in [4.69, 9.17) is 0 Å². The number of rotatable bonds is 4. The molecule has 100 valence electrons. The summed E-state index contributed by atoms with van der Waals surface area (Å²) in [5.74, 6) is 0.502. The van der Waals surface area contributed by atoms with Gasteiger partial charge in [0.1, 0.15) is 5.03 Å². The molecule has 0 amide bonds. The zero-order valence-electron chi connectivity index (χ0n) is 10.4. The number of nitrogens with one attached hydrogen (secondary N) is 2. The highest BCUT2D eigenvalue weighted by molar-refractivity contribution is 7.99. The van der Waals surface area contributed by atoms with Gasteiger partial charge in [-0.2, -0.15) is 4.98 Å². The van der Waals surface area contributed by atoms with Crippen LogP contribution in [-0.4, -0.2) is 31.3 Å². The average Bonchev–Trinajstić information content (AvgIpc) is 2.37. The number of hydrogen-bond donors (Lipinski definition) is 2. The van der Waals surface area contributed by atoms with Crippen LogP contribution in [0.2, 0.25) is 0 Å². The lowest BCUT2D eigenvalue weighted by molar-refractivity contribution is 0.596. The second-order valence-electron chi connectivity index (χ2n) is 3.55. The number of aromatic nitrogens is 5. The van der Waals surface area contributed by atoms with Crippen LogP contribution in [0.3, 0.4) is 0 Å². The molecule has 0 unspecified atom stereocenters. The molecule has 0 aliphatic heterocycles. The minimum atomic E-state index is -0.818. The molecule has 2 rings (SSSR count). The van der Waals surface area contributed by atoms with Gasteiger partial charge in [-0.05, 0) is 24.8 Å². The lowest BCUT2D eigenvalue weighted by Gasteiger charge is -2.06. The molecule has 0 aliphatic carbocycles. The monoisotopic (exact) mass is 280 g/mol. The van der Waals surface area contributed by atoms with Crippen molar-refractivity contribution in [3.05, 3.63) is 33.0 Å². The molecular formula is C10H12N6O2S. The zero-order valence-corrected chi connectivity index (χ0v) is 11.2. The highest BCUT2D eigenvalue weighted by Gasteiger charge is 2.07. The van der Waals surface area contributed by atoms with E-state index in [-0.39, 0.29) is 0 Å². The Morgan fingerprint density at radius 3 is 2.95 bits per heavy atom. The van der Waals surface area contributed by atoms with E-state index in [0.717, 1.165) is 0 Å². The van der Waals surface area contributed by atoms with Crippen molar-refractivity contribution in [1.82, 2.24) is 24.7 Å². The van der Waals surface area contributed by atoms with Gasteiger partial charge in [-0.3, -0.25) is 19.4 Å². The van der Waals surface area contributed by atoms with Crippen molar-refractivity contribution < 1.29 is 0 Å². The SMILES string of the molecule is CCNc1nccc(Sc2nc(=O)c(=O)[nH]n2C)n1. The first-order chi connectivity index (χ1) is 9.10. The smallest absolute Gasteiger partial charge is 0.339 e. The summed E-state index contributed by atoms with van der Waals surface area (Å²) in [6, 6.07) is 1.70. The molecule has 0 bridgehead atoms. The molecule has 2 N–H and O–H groups in total. The number of nitrogens with zero attached hydrogens (tertiary/aromatic N) is 4. The van der Waals surface area contributed by atoms with Crippen LogP contribution in [0.15, 0.2) is 32.0 Å². The number of aryl methyl sites for hydroxylation is 1. The van der Waals surface area contributed by atoms with Gasteiger partial charge in [0, 0.05) is 19.8 Å². The topological polar surface area (TPSA) is 106 Å². The van der Waals surface area contributed by atoms with Gasteiger partial charge >= 0.3 is 11.1 Å². The van der Waals surface area contributed by atoms with Gasteiger partial charge in [-0.25, -0.2) is 9.97 Å². The predicted molar refractivity (Wildman–Crippen MR) is 70.4 cm³/mol. The van der Waals surface area contributed by atoms with Crippen LogP contribution in [0.1, 0.15) is 6.92 Å². The Kier molecular flexibility index (Phi) is 3.95. The van der Waals surface area contributed by atoms with Crippen LogP contribution in [-0.2, 0) is 7.05 Å². The van der Waals surface area contributed by atoms with Gasteiger partial charge in [0.15, 0.2) is 5.16 Å². The lowest BCUT2D eigenvalue weighted by atomic mass is 10.6. The van der Waals surface area contributed by atoms with E-state index in [1.54, 1.807) is 19.3 Å². The van der Waals surface area contributed by atoms with Gasteiger partial charge in [-0.1, -0.05) is 0 Å². The summed E-state index contributed by atoms with van der Waals surface area (Å²) >= 11 is 1.17. The Hall–Kier alpha value is -2.16. The van der Waals surface area contributed by atoms with Crippen LogP contribution in [0.25, 0.3) is 0 Å². The van der Waals surface area contributed by atoms with Gasteiger partial charge in [-0.15, -0.1) is 0 Å². The Bertz CT molecular complexity index is 695. The van der Waals surface area contributed by atoms with Crippen molar-refractivity contribution in [2.24, 2.45) is 7.05 Å². The summed E-state index contributed by atoms with van der Waals surface area (Å²) in [5.41, 5.74) is -1.57. The maximum Gasteiger partial charge on any atom is 0.339 e. The van der Waals surface area contributed by atoms with Crippen molar-refractivity contribution in [1.29, 1.82) is 0 Å². The molecule has 2 aromatic heterocycles. The molecule has 0 saturated carbocycles. The fourth-order valence-electron chi connectivity index (χ4n) is 1.29. The first kappa shape index (κ1) is 13.3. The van der Waals surface area contributed by atoms with E-state index in [1.807, 2.05) is 6.92 Å². The van der Waals surface area contributed by atoms with Crippen molar-refractivity contribution in [2.45, 2.75) is 17.1 Å². The fourth-order valence-corrected chi connectivity index (χ4v) is 2.05. The van der Waals surface area contributed by atoms with Crippen LogP contribution in [0.5, 0.6) is 0 Å². The largest absolute Gasteiger partial charge is 0.354 e. The predicted octanol–water partition coefficient (Wildman–Crippen LogP) is -0.158. The summed E-state index contributed by atoms with van der Waals surface area (Å²) in [5, 5.41) is 6.34. The van der Waals surface area contributed by atoms with E-state index in [2.05, 4.69) is 25.4 Å².